The molecule has 1 N–H and O–H groups in total. The summed E-state index contributed by atoms with van der Waals surface area (Å²) < 4.78 is 3.15. The second-order valence-corrected chi connectivity index (χ2v) is 5.43. The number of anilines is 1. The van der Waals surface area contributed by atoms with Crippen LogP contribution < -0.4 is 5.32 Å². The van der Waals surface area contributed by atoms with E-state index in [4.69, 9.17) is 5.26 Å². The van der Waals surface area contributed by atoms with Gasteiger partial charge in [-0.1, -0.05) is 0 Å². The number of nitrogens with zero attached hydrogens (tertiary/aromatic N) is 2. The first-order valence-corrected chi connectivity index (χ1v) is 6.91. The predicted octanol–water partition coefficient (Wildman–Crippen LogP) is 3.72. The Hall–Kier alpha value is -2.25. The van der Waals surface area contributed by atoms with Gasteiger partial charge in [0.2, 0.25) is 0 Å². The molecule has 0 spiro atoms. The van der Waals surface area contributed by atoms with Crippen molar-refractivity contribution in [2.24, 2.45) is 7.05 Å². The van der Waals surface area contributed by atoms with Crippen molar-refractivity contribution in [2.75, 3.05) is 5.32 Å². The van der Waals surface area contributed by atoms with Gasteiger partial charge in [0.25, 0.3) is 0 Å². The number of rotatable bonds is 3. The Morgan fingerprint density at radius 1 is 1.32 bits per heavy atom. The van der Waals surface area contributed by atoms with E-state index in [1.54, 1.807) is 11.3 Å². The van der Waals surface area contributed by atoms with E-state index in [1.807, 2.05) is 23.9 Å². The Morgan fingerprint density at radius 3 is 3.00 bits per heavy atom. The average Bonchev–Trinajstić information content (AvgIpc) is 3.01. The van der Waals surface area contributed by atoms with Gasteiger partial charge in [0.05, 0.1) is 0 Å². The second kappa shape index (κ2) is 4.79. The van der Waals surface area contributed by atoms with Gasteiger partial charge in [-0.05, 0) is 46.7 Å². The van der Waals surface area contributed by atoms with Crippen molar-refractivity contribution in [1.82, 2.24) is 4.57 Å². The maximum absolute atomic E-state index is 8.92. The van der Waals surface area contributed by atoms with Crippen LogP contribution in [0.3, 0.4) is 0 Å². The van der Waals surface area contributed by atoms with Crippen molar-refractivity contribution in [2.45, 2.75) is 6.54 Å². The Bertz CT molecular complexity index is 761. The lowest BCUT2D eigenvalue weighted by Crippen LogP contribution is -1.97. The zero-order valence-electron chi connectivity index (χ0n) is 10.6. The molecular formula is C15H13N3S. The fourth-order valence-corrected chi connectivity index (χ4v) is 2.89. The van der Waals surface area contributed by atoms with Gasteiger partial charge in [0, 0.05) is 30.2 Å². The summed E-state index contributed by atoms with van der Waals surface area (Å²) in [7, 11) is 1.89. The normalized spacial score (nSPS) is 10.5. The van der Waals surface area contributed by atoms with Gasteiger partial charge in [0.1, 0.15) is 11.8 Å². The van der Waals surface area contributed by atoms with Gasteiger partial charge in [-0.15, -0.1) is 11.3 Å². The van der Waals surface area contributed by atoms with Crippen LogP contribution in [0.25, 0.3) is 10.1 Å². The average molecular weight is 267 g/mol. The van der Waals surface area contributed by atoms with Crippen molar-refractivity contribution >= 4 is 27.1 Å². The molecule has 0 saturated heterocycles. The minimum absolute atomic E-state index is 0.685. The van der Waals surface area contributed by atoms with Crippen LogP contribution in [-0.2, 0) is 13.6 Å². The number of hydrogen-bond acceptors (Lipinski definition) is 3. The van der Waals surface area contributed by atoms with Gasteiger partial charge in [-0.2, -0.15) is 5.26 Å². The van der Waals surface area contributed by atoms with Crippen LogP contribution >= 0.6 is 11.3 Å². The topological polar surface area (TPSA) is 40.8 Å². The largest absolute Gasteiger partial charge is 0.381 e. The molecule has 0 unspecified atom stereocenters. The van der Waals surface area contributed by atoms with E-state index in [-0.39, 0.29) is 0 Å². The zero-order valence-corrected chi connectivity index (χ0v) is 11.4. The SMILES string of the molecule is Cn1cc(CNc2ccc3sccc3c2)cc1C#N. The van der Waals surface area contributed by atoms with Gasteiger partial charge >= 0.3 is 0 Å². The number of nitriles is 1. The van der Waals surface area contributed by atoms with Gasteiger partial charge in [0.15, 0.2) is 0 Å². The number of aromatic nitrogens is 1. The van der Waals surface area contributed by atoms with Crippen LogP contribution in [0.15, 0.2) is 41.9 Å². The maximum Gasteiger partial charge on any atom is 0.120 e. The number of fused-ring (bicyclic) bond motifs is 1. The molecule has 19 heavy (non-hydrogen) atoms. The molecule has 0 aliphatic carbocycles. The summed E-state index contributed by atoms with van der Waals surface area (Å²) in [6, 6.07) is 12.6. The first-order valence-electron chi connectivity index (χ1n) is 6.03. The number of benzene rings is 1. The predicted molar refractivity (Wildman–Crippen MR) is 79.3 cm³/mol. The molecule has 0 amide bonds. The first-order chi connectivity index (χ1) is 9.26. The second-order valence-electron chi connectivity index (χ2n) is 4.48. The van der Waals surface area contributed by atoms with Crippen LogP contribution in [0.1, 0.15) is 11.3 Å². The lowest BCUT2D eigenvalue weighted by Gasteiger charge is -2.04. The van der Waals surface area contributed by atoms with E-state index in [2.05, 4.69) is 41.0 Å². The number of hydrogen-bond donors (Lipinski definition) is 1. The molecule has 0 radical (unpaired) electrons. The van der Waals surface area contributed by atoms with Crippen molar-refractivity contribution in [3.63, 3.8) is 0 Å². The van der Waals surface area contributed by atoms with Gasteiger partial charge < -0.3 is 9.88 Å². The Balaban J connectivity index is 1.76. The molecule has 0 saturated carbocycles. The summed E-state index contributed by atoms with van der Waals surface area (Å²) in [5.74, 6) is 0. The number of aryl methyl sites for hydroxylation is 1. The highest BCUT2D eigenvalue weighted by molar-refractivity contribution is 7.17. The summed E-state index contributed by atoms with van der Waals surface area (Å²) in [4.78, 5) is 0. The molecule has 0 aliphatic heterocycles. The van der Waals surface area contributed by atoms with Crippen LogP contribution in [0.2, 0.25) is 0 Å². The highest BCUT2D eigenvalue weighted by Crippen LogP contribution is 2.24. The minimum atomic E-state index is 0.685. The van der Waals surface area contributed by atoms with Crippen LogP contribution in [0, 0.1) is 11.3 Å². The molecule has 3 rings (SSSR count). The minimum Gasteiger partial charge on any atom is -0.381 e. The molecular weight excluding hydrogens is 254 g/mol. The van der Waals surface area contributed by atoms with Crippen LogP contribution in [-0.4, -0.2) is 4.57 Å². The quantitative estimate of drug-likeness (QED) is 0.785. The third-order valence-corrected chi connectivity index (χ3v) is 4.02. The molecule has 4 heteroatoms. The standard InChI is InChI=1S/C15H13N3S/c1-18-10-11(6-14(18)8-16)9-17-13-2-3-15-12(7-13)4-5-19-15/h2-7,10,17H,9H2,1H3. The number of nitrogens with one attached hydrogen (secondary N) is 1. The van der Waals surface area contributed by atoms with E-state index >= 15 is 0 Å². The summed E-state index contributed by atoms with van der Waals surface area (Å²) in [5.41, 5.74) is 2.91. The molecule has 0 fully saturated rings. The summed E-state index contributed by atoms with van der Waals surface area (Å²) in [6.45, 7) is 0.727. The first kappa shape index (κ1) is 11.8. The van der Waals surface area contributed by atoms with E-state index in [0.717, 1.165) is 17.8 Å². The fourth-order valence-electron chi connectivity index (χ4n) is 2.12. The third-order valence-electron chi connectivity index (χ3n) is 3.13. The Morgan fingerprint density at radius 2 is 2.21 bits per heavy atom. The molecule has 2 aromatic heterocycles. The molecule has 1 aromatic carbocycles. The monoisotopic (exact) mass is 267 g/mol. The highest BCUT2D eigenvalue weighted by Gasteiger charge is 2.02. The Labute approximate surface area is 115 Å². The molecule has 3 aromatic rings. The molecule has 2 heterocycles. The number of thiophene rings is 1. The van der Waals surface area contributed by atoms with E-state index in [0.29, 0.717) is 5.69 Å². The summed E-state index contributed by atoms with van der Waals surface area (Å²) in [5, 5.41) is 15.7. The van der Waals surface area contributed by atoms with E-state index in [9.17, 15) is 0 Å². The van der Waals surface area contributed by atoms with Crippen LogP contribution in [0.4, 0.5) is 5.69 Å². The van der Waals surface area contributed by atoms with Crippen molar-refractivity contribution in [1.29, 1.82) is 5.26 Å². The van der Waals surface area contributed by atoms with Crippen molar-refractivity contribution < 1.29 is 0 Å². The van der Waals surface area contributed by atoms with Crippen molar-refractivity contribution in [3.05, 3.63) is 53.2 Å². The molecule has 0 bridgehead atoms. The van der Waals surface area contributed by atoms with E-state index in [1.165, 1.54) is 10.1 Å². The van der Waals surface area contributed by atoms with Gasteiger partial charge in [-0.25, -0.2) is 0 Å². The van der Waals surface area contributed by atoms with Crippen molar-refractivity contribution in [3.8, 4) is 6.07 Å². The maximum atomic E-state index is 8.92. The van der Waals surface area contributed by atoms with Gasteiger partial charge in [-0.3, -0.25) is 0 Å². The molecule has 0 atom stereocenters. The molecule has 3 nitrogen and oxygen atoms in total. The summed E-state index contributed by atoms with van der Waals surface area (Å²) in [6.07, 6.45) is 1.98. The lowest BCUT2D eigenvalue weighted by atomic mass is 10.2. The fraction of sp³-hybridized carbons (Fsp3) is 0.133. The molecule has 0 aliphatic rings. The molecule has 94 valence electrons. The van der Waals surface area contributed by atoms with Crippen LogP contribution in [0.5, 0.6) is 0 Å². The lowest BCUT2D eigenvalue weighted by molar-refractivity contribution is 0.902. The summed E-state index contributed by atoms with van der Waals surface area (Å²) >= 11 is 1.75. The smallest absolute Gasteiger partial charge is 0.120 e. The Kier molecular flexibility index (Phi) is 2.98. The zero-order chi connectivity index (χ0) is 13.2. The third kappa shape index (κ3) is 2.33. The van der Waals surface area contributed by atoms with E-state index < -0.39 is 0 Å². The highest BCUT2D eigenvalue weighted by atomic mass is 32.1.